The minimum absolute atomic E-state index is 0.283. The number of hydrogen-bond acceptors (Lipinski definition) is 5. The van der Waals surface area contributed by atoms with Crippen molar-refractivity contribution in [3.8, 4) is 0 Å². The Hall–Kier alpha value is 0.180. The maximum absolute atomic E-state index is 10.5. The Morgan fingerprint density at radius 2 is 2.00 bits per heavy atom. The summed E-state index contributed by atoms with van der Waals surface area (Å²) in [5.41, 5.74) is 0. The lowest BCUT2D eigenvalue weighted by molar-refractivity contribution is 0.112. The standard InChI is InChI=1S/C5H13NO4S2/c1-12(7,8)6-2-3-9-4-5-10-11/h6,11H,2-5H2,1H3. The van der Waals surface area contributed by atoms with Crippen molar-refractivity contribution in [3.05, 3.63) is 0 Å². The van der Waals surface area contributed by atoms with Crippen LogP contribution in [0.2, 0.25) is 0 Å². The van der Waals surface area contributed by atoms with Crippen LogP contribution in [0.5, 0.6) is 0 Å². The zero-order valence-corrected chi connectivity index (χ0v) is 8.53. The molecule has 0 saturated heterocycles. The van der Waals surface area contributed by atoms with Gasteiger partial charge in [0.1, 0.15) is 0 Å². The number of thiol groups is 1. The zero-order chi connectivity index (χ0) is 9.45. The molecule has 0 fully saturated rings. The van der Waals surface area contributed by atoms with Crippen LogP contribution in [0.15, 0.2) is 0 Å². The molecule has 0 aromatic heterocycles. The summed E-state index contributed by atoms with van der Waals surface area (Å²) in [6, 6.07) is 0. The van der Waals surface area contributed by atoms with Crippen LogP contribution < -0.4 is 4.72 Å². The maximum Gasteiger partial charge on any atom is 0.208 e. The molecule has 0 bridgehead atoms. The van der Waals surface area contributed by atoms with Gasteiger partial charge in [-0.1, -0.05) is 0 Å². The second-order valence-corrected chi connectivity index (χ2v) is 4.20. The van der Waals surface area contributed by atoms with Gasteiger partial charge in [-0.3, -0.25) is 0 Å². The molecule has 0 saturated carbocycles. The van der Waals surface area contributed by atoms with Crippen LogP contribution in [-0.4, -0.2) is 41.0 Å². The molecule has 12 heavy (non-hydrogen) atoms. The van der Waals surface area contributed by atoms with Crippen LogP contribution in [0, 0.1) is 0 Å². The van der Waals surface area contributed by atoms with E-state index in [0.717, 1.165) is 6.26 Å². The summed E-state index contributed by atoms with van der Waals surface area (Å²) in [6.45, 7) is 1.42. The van der Waals surface area contributed by atoms with Gasteiger partial charge in [0.2, 0.25) is 10.0 Å². The van der Waals surface area contributed by atoms with Crippen molar-refractivity contribution >= 4 is 22.9 Å². The van der Waals surface area contributed by atoms with Crippen molar-refractivity contribution in [2.24, 2.45) is 0 Å². The molecule has 74 valence electrons. The fourth-order valence-corrected chi connectivity index (χ4v) is 1.03. The van der Waals surface area contributed by atoms with Gasteiger partial charge >= 0.3 is 0 Å². The Kier molecular flexibility index (Phi) is 6.77. The molecule has 0 aliphatic heterocycles. The largest absolute Gasteiger partial charge is 0.378 e. The molecule has 0 rings (SSSR count). The van der Waals surface area contributed by atoms with E-state index in [9.17, 15) is 8.42 Å². The van der Waals surface area contributed by atoms with Crippen LogP contribution in [-0.2, 0) is 18.9 Å². The molecular formula is C5H13NO4S2. The summed E-state index contributed by atoms with van der Waals surface area (Å²) in [7, 11) is -3.09. The maximum atomic E-state index is 10.5. The van der Waals surface area contributed by atoms with E-state index < -0.39 is 10.0 Å². The molecule has 0 unspecified atom stereocenters. The van der Waals surface area contributed by atoms with Crippen LogP contribution >= 0.6 is 12.9 Å². The molecule has 0 aromatic carbocycles. The van der Waals surface area contributed by atoms with Crippen molar-refractivity contribution in [1.29, 1.82) is 0 Å². The number of rotatable bonds is 7. The third kappa shape index (κ3) is 10.2. The predicted molar refractivity (Wildman–Crippen MR) is 48.6 cm³/mol. The minimum Gasteiger partial charge on any atom is -0.378 e. The summed E-state index contributed by atoms with van der Waals surface area (Å²) in [5.74, 6) is 0. The first-order valence-electron chi connectivity index (χ1n) is 3.35. The van der Waals surface area contributed by atoms with E-state index in [0.29, 0.717) is 19.8 Å². The van der Waals surface area contributed by atoms with E-state index in [-0.39, 0.29) is 6.54 Å². The highest BCUT2D eigenvalue weighted by molar-refractivity contribution is 7.88. The normalized spacial score (nSPS) is 11.8. The van der Waals surface area contributed by atoms with Gasteiger partial charge in [0.05, 0.1) is 26.1 Å². The Labute approximate surface area is 78.1 Å². The molecule has 0 aromatic rings. The Bertz CT molecular complexity index is 192. The van der Waals surface area contributed by atoms with E-state index in [1.54, 1.807) is 0 Å². The lowest BCUT2D eigenvalue weighted by atomic mass is 10.7. The van der Waals surface area contributed by atoms with E-state index in [2.05, 4.69) is 21.8 Å². The summed E-state index contributed by atoms with van der Waals surface area (Å²) in [5, 5.41) is 0. The first-order valence-corrected chi connectivity index (χ1v) is 5.60. The highest BCUT2D eigenvalue weighted by Crippen LogP contribution is 1.80. The second-order valence-electron chi connectivity index (χ2n) is 2.11. The van der Waals surface area contributed by atoms with Crippen molar-refractivity contribution in [1.82, 2.24) is 4.72 Å². The summed E-state index contributed by atoms with van der Waals surface area (Å²) >= 11 is 3.50. The second kappa shape index (κ2) is 6.67. The van der Waals surface area contributed by atoms with Crippen molar-refractivity contribution in [2.45, 2.75) is 0 Å². The Morgan fingerprint density at radius 1 is 1.33 bits per heavy atom. The van der Waals surface area contributed by atoms with Gasteiger partial charge in [-0.05, 0) is 12.9 Å². The lowest BCUT2D eigenvalue weighted by Gasteiger charge is -2.02. The first kappa shape index (κ1) is 12.2. The number of nitrogens with one attached hydrogen (secondary N) is 1. The fourth-order valence-electron chi connectivity index (χ4n) is 0.497. The molecular weight excluding hydrogens is 202 g/mol. The van der Waals surface area contributed by atoms with Crippen LogP contribution in [0.1, 0.15) is 0 Å². The molecule has 5 nitrogen and oxygen atoms in total. The minimum atomic E-state index is -3.09. The smallest absolute Gasteiger partial charge is 0.208 e. The average Bonchev–Trinajstić information content (AvgIpc) is 1.94. The quantitative estimate of drug-likeness (QED) is 0.338. The van der Waals surface area contributed by atoms with E-state index in [1.807, 2.05) is 0 Å². The monoisotopic (exact) mass is 215 g/mol. The Balaban J connectivity index is 3.12. The highest BCUT2D eigenvalue weighted by Gasteiger charge is 1.97. The van der Waals surface area contributed by atoms with E-state index in [1.165, 1.54) is 0 Å². The SMILES string of the molecule is CS(=O)(=O)NCCOCCOS. The van der Waals surface area contributed by atoms with Gasteiger partial charge in [-0.15, -0.1) is 0 Å². The van der Waals surface area contributed by atoms with Crippen molar-refractivity contribution in [3.63, 3.8) is 0 Å². The molecule has 1 N–H and O–H groups in total. The van der Waals surface area contributed by atoms with Gasteiger partial charge < -0.3 is 8.92 Å². The molecule has 0 atom stereocenters. The third-order valence-electron chi connectivity index (χ3n) is 0.930. The van der Waals surface area contributed by atoms with Gasteiger partial charge in [0, 0.05) is 6.54 Å². The topological polar surface area (TPSA) is 64.6 Å². The first-order chi connectivity index (χ1) is 5.56. The Morgan fingerprint density at radius 3 is 2.50 bits per heavy atom. The summed E-state index contributed by atoms with van der Waals surface area (Å²) in [4.78, 5) is 0. The number of hydrogen-bond donors (Lipinski definition) is 2. The molecule has 0 radical (unpaired) electrons. The predicted octanol–water partition coefficient (Wildman–Crippen LogP) is -0.586. The number of sulfonamides is 1. The van der Waals surface area contributed by atoms with Crippen LogP contribution in [0.25, 0.3) is 0 Å². The highest BCUT2D eigenvalue weighted by atomic mass is 32.2. The molecule has 7 heteroatoms. The number of ether oxygens (including phenoxy) is 1. The summed E-state index contributed by atoms with van der Waals surface area (Å²) < 4.78 is 32.7. The van der Waals surface area contributed by atoms with Gasteiger partial charge in [-0.2, -0.15) is 0 Å². The molecule has 0 aliphatic rings. The zero-order valence-electron chi connectivity index (χ0n) is 6.82. The third-order valence-corrected chi connectivity index (χ3v) is 1.84. The fraction of sp³-hybridized carbons (Fsp3) is 1.00. The van der Waals surface area contributed by atoms with Gasteiger partial charge in [-0.25, -0.2) is 13.1 Å². The van der Waals surface area contributed by atoms with E-state index in [4.69, 9.17) is 4.74 Å². The molecule has 0 heterocycles. The average molecular weight is 215 g/mol. The molecule has 0 aliphatic carbocycles. The lowest BCUT2D eigenvalue weighted by Crippen LogP contribution is -2.26. The molecule has 0 amide bonds. The van der Waals surface area contributed by atoms with Gasteiger partial charge in [0.25, 0.3) is 0 Å². The van der Waals surface area contributed by atoms with E-state index >= 15 is 0 Å². The van der Waals surface area contributed by atoms with Crippen molar-refractivity contribution < 1.29 is 17.3 Å². The summed E-state index contributed by atoms with van der Waals surface area (Å²) in [6.07, 6.45) is 1.10. The van der Waals surface area contributed by atoms with Crippen LogP contribution in [0.3, 0.4) is 0 Å². The van der Waals surface area contributed by atoms with Gasteiger partial charge in [0.15, 0.2) is 0 Å². The van der Waals surface area contributed by atoms with Crippen LogP contribution in [0.4, 0.5) is 0 Å². The molecule has 0 spiro atoms. The van der Waals surface area contributed by atoms with Crippen molar-refractivity contribution in [2.75, 3.05) is 32.6 Å².